The van der Waals surface area contributed by atoms with Gasteiger partial charge in [-0.15, -0.1) is 0 Å². The largest absolute Gasteiger partial charge is 0.383 e. The number of pyridine rings is 2. The van der Waals surface area contributed by atoms with Crippen molar-refractivity contribution < 1.29 is 9.53 Å². The molecule has 0 bridgehead atoms. The number of hydrogen-bond acceptors (Lipinski definition) is 6. The zero-order chi connectivity index (χ0) is 22.9. The number of amides is 1. The van der Waals surface area contributed by atoms with Gasteiger partial charge in [0.1, 0.15) is 11.6 Å². The lowest BCUT2D eigenvalue weighted by molar-refractivity contribution is 0.0852. The summed E-state index contributed by atoms with van der Waals surface area (Å²) in [6.45, 7) is 5.66. The molecule has 2 aliphatic rings. The van der Waals surface area contributed by atoms with E-state index in [1.54, 1.807) is 6.20 Å². The molecule has 0 spiro atoms. The molecule has 2 aromatic heterocycles. The number of nitrogens with one attached hydrogen (secondary N) is 1. The smallest absolute Gasteiger partial charge is 0.281 e. The van der Waals surface area contributed by atoms with E-state index in [1.165, 1.54) is 17.3 Å². The minimum atomic E-state index is -0.309. The highest BCUT2D eigenvalue weighted by atomic mass is 16.5. The minimum Gasteiger partial charge on any atom is -0.383 e. The standard InChI is InChI=1S/C26H26N5O2/c1-15-12-20(3-4-21(15)17-6-9-33-10-7-17)30-25-23-18(5-8-28-26(23)32)13-22(31-25)19-11-16(2)24(27)29-14-19/h3-5,8,11-14,17H,6-7,9-10H2,1-2H3,(H2,27,29)(H,30,31). The van der Waals surface area contributed by atoms with Crippen molar-refractivity contribution in [3.63, 3.8) is 0 Å². The fourth-order valence-electron chi connectivity index (χ4n) is 4.49. The summed E-state index contributed by atoms with van der Waals surface area (Å²) in [5, 5.41) is 7.33. The fourth-order valence-corrected chi connectivity index (χ4v) is 4.49. The Bertz CT molecular complexity index is 1260. The molecule has 5 rings (SSSR count). The summed E-state index contributed by atoms with van der Waals surface area (Å²) in [5.74, 6) is 1.18. The molecule has 1 aromatic carbocycles. The van der Waals surface area contributed by atoms with Crippen LogP contribution in [0.4, 0.5) is 17.3 Å². The van der Waals surface area contributed by atoms with Gasteiger partial charge in [-0.3, -0.25) is 4.79 Å². The number of benzene rings is 1. The molecule has 1 saturated heterocycles. The number of rotatable bonds is 4. The molecule has 7 nitrogen and oxygen atoms in total. The van der Waals surface area contributed by atoms with Gasteiger partial charge in [0, 0.05) is 36.9 Å². The third kappa shape index (κ3) is 4.19. The van der Waals surface area contributed by atoms with E-state index in [0.29, 0.717) is 28.8 Å². The number of hydrogen-bond donors (Lipinski definition) is 2. The van der Waals surface area contributed by atoms with E-state index < -0.39 is 0 Å². The molecule has 167 valence electrons. The molecule has 33 heavy (non-hydrogen) atoms. The predicted octanol–water partition coefficient (Wildman–Crippen LogP) is 4.71. The summed E-state index contributed by atoms with van der Waals surface area (Å²) in [7, 11) is 0. The monoisotopic (exact) mass is 440 g/mol. The van der Waals surface area contributed by atoms with Gasteiger partial charge in [0.25, 0.3) is 5.91 Å². The van der Waals surface area contributed by atoms with Crippen molar-refractivity contribution in [3.05, 3.63) is 70.5 Å². The SMILES string of the molecule is Cc1cc(Nc2nc(-c3cnc(N)c(C)c3)cc3c2C(=O)[N]C=C3)ccc1C1CCOCC1. The van der Waals surface area contributed by atoms with Gasteiger partial charge in [-0.25, -0.2) is 15.3 Å². The second-order valence-electron chi connectivity index (χ2n) is 8.58. The van der Waals surface area contributed by atoms with Crippen molar-refractivity contribution in [1.29, 1.82) is 0 Å². The van der Waals surface area contributed by atoms with E-state index in [1.807, 2.05) is 31.2 Å². The number of aryl methyl sites for hydroxylation is 2. The molecule has 1 radical (unpaired) electrons. The summed E-state index contributed by atoms with van der Waals surface area (Å²) in [6.07, 6.45) is 7.14. The van der Waals surface area contributed by atoms with E-state index in [0.717, 1.165) is 48.4 Å². The Hall–Kier alpha value is -3.71. The van der Waals surface area contributed by atoms with Crippen molar-refractivity contribution in [3.8, 4) is 11.3 Å². The van der Waals surface area contributed by atoms with E-state index in [4.69, 9.17) is 15.5 Å². The second-order valence-corrected chi connectivity index (χ2v) is 8.58. The zero-order valence-corrected chi connectivity index (χ0v) is 18.8. The fraction of sp³-hybridized carbons (Fsp3) is 0.269. The first-order valence-corrected chi connectivity index (χ1v) is 11.1. The van der Waals surface area contributed by atoms with Crippen molar-refractivity contribution in [2.45, 2.75) is 32.6 Å². The highest BCUT2D eigenvalue weighted by molar-refractivity contribution is 6.05. The molecule has 3 N–H and O–H groups in total. The van der Waals surface area contributed by atoms with Gasteiger partial charge in [-0.05, 0) is 85.2 Å². The number of nitrogens with zero attached hydrogens (tertiary/aromatic N) is 3. The lowest BCUT2D eigenvalue weighted by Crippen LogP contribution is -2.18. The maximum atomic E-state index is 12.6. The van der Waals surface area contributed by atoms with Crippen LogP contribution in [0.1, 0.15) is 51.4 Å². The molecule has 0 saturated carbocycles. The topological polar surface area (TPSA) is 104 Å². The van der Waals surface area contributed by atoms with Gasteiger partial charge in [-0.1, -0.05) is 6.07 Å². The van der Waals surface area contributed by atoms with E-state index >= 15 is 0 Å². The Labute approximate surface area is 193 Å². The van der Waals surface area contributed by atoms with Crippen molar-refractivity contribution in [1.82, 2.24) is 15.3 Å². The van der Waals surface area contributed by atoms with Crippen LogP contribution in [-0.4, -0.2) is 29.1 Å². The molecule has 7 heteroatoms. The first-order chi connectivity index (χ1) is 16.0. The van der Waals surface area contributed by atoms with Crippen LogP contribution in [0.25, 0.3) is 17.3 Å². The van der Waals surface area contributed by atoms with Gasteiger partial charge in [0.05, 0.1) is 11.3 Å². The first-order valence-electron chi connectivity index (χ1n) is 11.1. The number of carbonyl (C=O) groups is 1. The summed E-state index contributed by atoms with van der Waals surface area (Å²) >= 11 is 0. The normalized spacial score (nSPS) is 15.8. The molecule has 3 aromatic rings. The molecule has 4 heterocycles. The summed E-state index contributed by atoms with van der Waals surface area (Å²) in [4.78, 5) is 21.7. The molecule has 1 fully saturated rings. The van der Waals surface area contributed by atoms with Crippen LogP contribution in [0.2, 0.25) is 0 Å². The van der Waals surface area contributed by atoms with Crippen LogP contribution in [0.3, 0.4) is 0 Å². The summed E-state index contributed by atoms with van der Waals surface area (Å²) < 4.78 is 5.51. The molecule has 1 amide bonds. The summed E-state index contributed by atoms with van der Waals surface area (Å²) in [5.41, 5.74) is 13.0. The van der Waals surface area contributed by atoms with E-state index in [9.17, 15) is 4.79 Å². The second kappa shape index (κ2) is 8.67. The van der Waals surface area contributed by atoms with Gasteiger partial charge in [-0.2, -0.15) is 0 Å². The third-order valence-corrected chi connectivity index (χ3v) is 6.32. The molecular weight excluding hydrogens is 414 g/mol. The number of carbonyl (C=O) groups excluding carboxylic acids is 1. The lowest BCUT2D eigenvalue weighted by atomic mass is 9.88. The molecule has 0 aliphatic carbocycles. The highest BCUT2D eigenvalue weighted by Gasteiger charge is 2.23. The first kappa shape index (κ1) is 21.2. The average Bonchev–Trinajstić information content (AvgIpc) is 2.81. The summed E-state index contributed by atoms with van der Waals surface area (Å²) in [6, 6.07) is 10.2. The zero-order valence-electron chi connectivity index (χ0n) is 18.8. The van der Waals surface area contributed by atoms with Crippen molar-refractivity contribution in [2.24, 2.45) is 0 Å². The Morgan fingerprint density at radius 1 is 1.09 bits per heavy atom. The highest BCUT2D eigenvalue weighted by Crippen LogP contribution is 2.34. The van der Waals surface area contributed by atoms with Crippen LogP contribution in [0.5, 0.6) is 0 Å². The van der Waals surface area contributed by atoms with Crippen molar-refractivity contribution >= 4 is 29.3 Å². The number of ether oxygens (including phenoxy) is 1. The quantitative estimate of drug-likeness (QED) is 0.609. The van der Waals surface area contributed by atoms with Gasteiger partial charge in [0.2, 0.25) is 0 Å². The molecular formula is C26H26N5O2. The van der Waals surface area contributed by atoms with Gasteiger partial charge in [0.15, 0.2) is 0 Å². The third-order valence-electron chi connectivity index (χ3n) is 6.32. The predicted molar refractivity (Wildman–Crippen MR) is 129 cm³/mol. The maximum Gasteiger partial charge on any atom is 0.281 e. The van der Waals surface area contributed by atoms with Crippen molar-refractivity contribution in [2.75, 3.05) is 24.3 Å². The number of anilines is 3. The Kier molecular flexibility index (Phi) is 5.56. The number of nitrogens with two attached hydrogens (primary N) is 1. The number of nitrogen functional groups attached to an aromatic ring is 1. The van der Waals surface area contributed by atoms with Crippen LogP contribution >= 0.6 is 0 Å². The van der Waals surface area contributed by atoms with E-state index in [2.05, 4.69) is 34.7 Å². The Balaban J connectivity index is 1.53. The molecule has 2 aliphatic heterocycles. The van der Waals surface area contributed by atoms with Gasteiger partial charge >= 0.3 is 0 Å². The van der Waals surface area contributed by atoms with Crippen LogP contribution in [0.15, 0.2) is 42.7 Å². The number of fused-ring (bicyclic) bond motifs is 1. The van der Waals surface area contributed by atoms with E-state index in [-0.39, 0.29) is 5.91 Å². The van der Waals surface area contributed by atoms with Crippen LogP contribution < -0.4 is 16.4 Å². The van der Waals surface area contributed by atoms with Crippen LogP contribution in [0, 0.1) is 13.8 Å². The number of aromatic nitrogens is 2. The Morgan fingerprint density at radius 3 is 2.67 bits per heavy atom. The maximum absolute atomic E-state index is 12.6. The lowest BCUT2D eigenvalue weighted by Gasteiger charge is -2.24. The van der Waals surface area contributed by atoms with Crippen LogP contribution in [-0.2, 0) is 4.74 Å². The minimum absolute atomic E-state index is 0.309. The van der Waals surface area contributed by atoms with Gasteiger partial charge < -0.3 is 15.8 Å². The molecule has 0 atom stereocenters. The molecule has 0 unspecified atom stereocenters. The average molecular weight is 441 g/mol. The Morgan fingerprint density at radius 2 is 1.91 bits per heavy atom.